The SMILES string of the molecule is C[C@]12C[C@H](c3ccc(-c4ccc(C#N)cc4)cc3)[C@H]3[C@@H](CCC4=CC(=O)CC[C@@H]43)[C@@H]1C=C[C@]2(O)C(F)(F)C(F)(F)F. The number of ketones is 1. The van der Waals surface area contributed by atoms with Crippen LogP contribution >= 0.6 is 0 Å². The number of aliphatic hydroxyl groups is 1. The van der Waals surface area contributed by atoms with Crippen LogP contribution in [0.25, 0.3) is 11.1 Å². The van der Waals surface area contributed by atoms with Crippen LogP contribution in [0.3, 0.4) is 0 Å². The van der Waals surface area contributed by atoms with Gasteiger partial charge in [-0.2, -0.15) is 27.2 Å². The third kappa shape index (κ3) is 4.03. The number of rotatable bonds is 3. The first kappa shape index (κ1) is 27.8. The second-order valence-corrected chi connectivity index (χ2v) is 12.4. The van der Waals surface area contributed by atoms with E-state index in [1.165, 1.54) is 13.0 Å². The van der Waals surface area contributed by atoms with Gasteiger partial charge in [-0.25, -0.2) is 0 Å². The molecule has 0 heterocycles. The van der Waals surface area contributed by atoms with Crippen LogP contribution < -0.4 is 0 Å². The highest BCUT2D eigenvalue weighted by Crippen LogP contribution is 2.69. The Morgan fingerprint density at radius 1 is 0.927 bits per heavy atom. The standard InChI is InChI=1S/C33H30F5NO2/c1-30-17-27(22-8-6-21(7-9-22)20-4-2-19(18-39)3-5-20)29-25-13-11-24(40)16-23(25)10-12-26(29)28(30)14-15-31(30,41)32(34,35)33(36,37)38/h2-9,14-16,25-29,41H,10-13,17H2,1H3/t25-,26-,27+,28-,29+,30-,31+/m0/s1. The van der Waals surface area contributed by atoms with Gasteiger partial charge in [0.25, 0.3) is 0 Å². The van der Waals surface area contributed by atoms with Gasteiger partial charge in [-0.3, -0.25) is 4.79 Å². The number of alkyl halides is 5. The van der Waals surface area contributed by atoms with E-state index in [-0.39, 0.29) is 30.0 Å². The molecule has 0 bridgehead atoms. The van der Waals surface area contributed by atoms with Gasteiger partial charge in [-0.15, -0.1) is 0 Å². The summed E-state index contributed by atoms with van der Waals surface area (Å²) in [5.41, 5.74) is -0.977. The number of halogens is 5. The van der Waals surface area contributed by atoms with E-state index < -0.39 is 35.0 Å². The Kier molecular flexibility index (Phi) is 6.35. The molecule has 2 aromatic rings. The number of nitrogens with zero attached hydrogens (tertiary/aromatic N) is 1. The van der Waals surface area contributed by atoms with Gasteiger partial charge in [-0.1, -0.05) is 55.0 Å². The number of carbonyl (C=O) groups is 1. The molecule has 0 aliphatic heterocycles. The molecule has 1 N–H and O–H groups in total. The Labute approximate surface area is 235 Å². The highest BCUT2D eigenvalue weighted by molar-refractivity contribution is 5.91. The van der Waals surface area contributed by atoms with Gasteiger partial charge in [-0.05, 0) is 96.2 Å². The Balaban J connectivity index is 1.43. The Morgan fingerprint density at radius 3 is 2.17 bits per heavy atom. The summed E-state index contributed by atoms with van der Waals surface area (Å²) in [6.07, 6.45) is 0.0276. The predicted octanol–water partition coefficient (Wildman–Crippen LogP) is 7.77. The fourth-order valence-electron chi connectivity index (χ4n) is 8.47. The van der Waals surface area contributed by atoms with E-state index in [1.54, 1.807) is 18.2 Å². The largest absolute Gasteiger partial charge is 0.456 e. The van der Waals surface area contributed by atoms with Crippen molar-refractivity contribution in [3.63, 3.8) is 0 Å². The number of hydrogen-bond donors (Lipinski definition) is 1. The van der Waals surface area contributed by atoms with Crippen molar-refractivity contribution in [2.75, 3.05) is 0 Å². The summed E-state index contributed by atoms with van der Waals surface area (Å²) in [6.45, 7) is 1.39. The predicted molar refractivity (Wildman–Crippen MR) is 143 cm³/mol. The van der Waals surface area contributed by atoms with E-state index in [4.69, 9.17) is 5.26 Å². The molecule has 4 aliphatic rings. The van der Waals surface area contributed by atoms with Gasteiger partial charge in [0.15, 0.2) is 11.4 Å². The molecule has 214 valence electrons. The molecule has 2 aromatic carbocycles. The maximum Gasteiger partial charge on any atom is 0.456 e. The molecule has 0 aromatic heterocycles. The van der Waals surface area contributed by atoms with Crippen molar-refractivity contribution in [1.82, 2.24) is 0 Å². The second kappa shape index (κ2) is 9.35. The molecule has 0 spiro atoms. The molecule has 2 fully saturated rings. The number of allylic oxidation sites excluding steroid dienone is 3. The van der Waals surface area contributed by atoms with E-state index in [0.29, 0.717) is 37.3 Å². The zero-order valence-corrected chi connectivity index (χ0v) is 22.5. The Morgan fingerprint density at radius 2 is 1.56 bits per heavy atom. The molecule has 0 amide bonds. The lowest BCUT2D eigenvalue weighted by molar-refractivity contribution is -0.354. The summed E-state index contributed by atoms with van der Waals surface area (Å²) in [5, 5.41) is 20.4. The van der Waals surface area contributed by atoms with Crippen LogP contribution in [0, 0.1) is 40.4 Å². The highest BCUT2D eigenvalue weighted by atomic mass is 19.4. The zero-order valence-electron chi connectivity index (χ0n) is 22.5. The van der Waals surface area contributed by atoms with Crippen molar-refractivity contribution >= 4 is 5.78 Å². The van der Waals surface area contributed by atoms with Gasteiger partial charge in [0, 0.05) is 11.8 Å². The van der Waals surface area contributed by atoms with Gasteiger partial charge in [0.2, 0.25) is 0 Å². The number of fused-ring (bicyclic) bond motifs is 5. The van der Waals surface area contributed by atoms with E-state index in [1.807, 2.05) is 36.4 Å². The van der Waals surface area contributed by atoms with Crippen molar-refractivity contribution in [3.05, 3.63) is 83.5 Å². The van der Waals surface area contributed by atoms with Crippen LogP contribution in [0.1, 0.15) is 56.1 Å². The van der Waals surface area contributed by atoms with Gasteiger partial charge in [0.1, 0.15) is 0 Å². The summed E-state index contributed by atoms with van der Waals surface area (Å²) in [6, 6.07) is 16.8. The first-order valence-corrected chi connectivity index (χ1v) is 14.0. The molecule has 41 heavy (non-hydrogen) atoms. The van der Waals surface area contributed by atoms with Crippen LogP contribution in [0.2, 0.25) is 0 Å². The topological polar surface area (TPSA) is 61.1 Å². The van der Waals surface area contributed by atoms with Crippen molar-refractivity contribution in [1.29, 1.82) is 5.26 Å². The fourth-order valence-corrected chi connectivity index (χ4v) is 8.47. The lowest BCUT2D eigenvalue weighted by atomic mass is 9.46. The van der Waals surface area contributed by atoms with E-state index in [2.05, 4.69) is 6.07 Å². The van der Waals surface area contributed by atoms with Crippen molar-refractivity contribution in [3.8, 4) is 17.2 Å². The summed E-state index contributed by atoms with van der Waals surface area (Å²) in [5.74, 6) is -6.56. The highest BCUT2D eigenvalue weighted by Gasteiger charge is 2.78. The first-order chi connectivity index (χ1) is 19.3. The number of nitriles is 1. The second-order valence-electron chi connectivity index (χ2n) is 12.4. The van der Waals surface area contributed by atoms with E-state index >= 15 is 8.78 Å². The molecular weight excluding hydrogens is 537 g/mol. The van der Waals surface area contributed by atoms with Gasteiger partial charge >= 0.3 is 12.1 Å². The number of benzene rings is 2. The summed E-state index contributed by atoms with van der Waals surface area (Å²) >= 11 is 0. The monoisotopic (exact) mass is 567 g/mol. The van der Waals surface area contributed by atoms with Gasteiger partial charge in [0.05, 0.1) is 11.6 Å². The van der Waals surface area contributed by atoms with Crippen molar-refractivity contribution < 1.29 is 31.9 Å². The molecule has 4 aliphatic carbocycles. The molecule has 0 unspecified atom stereocenters. The van der Waals surface area contributed by atoms with Crippen LogP contribution in [0.15, 0.2) is 72.3 Å². The minimum atomic E-state index is -5.91. The molecule has 0 radical (unpaired) electrons. The maximum atomic E-state index is 15.1. The zero-order chi connectivity index (χ0) is 29.4. The lowest BCUT2D eigenvalue weighted by Gasteiger charge is -2.59. The normalized spacial score (nSPS) is 34.7. The average Bonchev–Trinajstić information content (AvgIpc) is 3.23. The van der Waals surface area contributed by atoms with Crippen LogP contribution in [-0.2, 0) is 4.79 Å². The molecule has 7 atom stereocenters. The minimum Gasteiger partial charge on any atom is -0.378 e. The molecule has 0 saturated heterocycles. The molecule has 2 saturated carbocycles. The van der Waals surface area contributed by atoms with Crippen LogP contribution in [-0.4, -0.2) is 28.6 Å². The molecule has 8 heteroatoms. The van der Waals surface area contributed by atoms with Gasteiger partial charge < -0.3 is 5.11 Å². The third-order valence-corrected chi connectivity index (χ3v) is 10.5. The first-order valence-electron chi connectivity index (χ1n) is 14.0. The van der Waals surface area contributed by atoms with Crippen LogP contribution in [0.4, 0.5) is 22.0 Å². The average molecular weight is 568 g/mol. The number of carbonyl (C=O) groups excluding carboxylic acids is 1. The summed E-state index contributed by atoms with van der Waals surface area (Å²) in [4.78, 5) is 12.2. The maximum absolute atomic E-state index is 15.1. The Bertz CT molecular complexity index is 1470. The third-order valence-electron chi connectivity index (χ3n) is 10.5. The molecular formula is C33H30F5NO2. The Hall–Kier alpha value is -3.31. The summed E-state index contributed by atoms with van der Waals surface area (Å²) < 4.78 is 71.4. The number of hydrogen-bond acceptors (Lipinski definition) is 3. The van der Waals surface area contributed by atoms with E-state index in [9.17, 15) is 23.1 Å². The minimum absolute atomic E-state index is 0.0319. The molecule has 6 rings (SSSR count). The van der Waals surface area contributed by atoms with Crippen molar-refractivity contribution in [2.45, 2.75) is 62.6 Å². The lowest BCUT2D eigenvalue weighted by Crippen LogP contribution is -2.66. The van der Waals surface area contributed by atoms with Crippen molar-refractivity contribution in [2.24, 2.45) is 29.1 Å². The molecule has 3 nitrogen and oxygen atoms in total. The summed E-state index contributed by atoms with van der Waals surface area (Å²) in [7, 11) is 0. The van der Waals surface area contributed by atoms with Crippen LogP contribution in [0.5, 0.6) is 0 Å². The smallest absolute Gasteiger partial charge is 0.378 e. The fraction of sp³-hybridized carbons (Fsp3) is 0.455. The quantitative estimate of drug-likeness (QED) is 0.305. The van der Waals surface area contributed by atoms with E-state index in [0.717, 1.165) is 22.3 Å².